The van der Waals surface area contributed by atoms with Crippen molar-refractivity contribution in [3.63, 3.8) is 0 Å². The number of hydrogen-bond acceptors (Lipinski definition) is 7. The number of nitro groups is 1. The van der Waals surface area contributed by atoms with E-state index >= 15 is 0 Å². The zero-order valence-electron chi connectivity index (χ0n) is 11.7. The molecule has 3 rings (SSSR count). The standard InChI is InChI=1S/C14H9N3O5S/c1-7(18)15-14-16-11(6-23-14)10-4-8-2-3-9(17(20)21)5-12(8)22-13(10)19/h2-6H,1H3,(H,15,16,18). The topological polar surface area (TPSA) is 115 Å². The third-order valence-electron chi connectivity index (χ3n) is 2.99. The molecule has 2 heterocycles. The number of nitrogens with zero attached hydrogens (tertiary/aromatic N) is 2. The van der Waals surface area contributed by atoms with Crippen LogP contribution in [0.2, 0.25) is 0 Å². The zero-order chi connectivity index (χ0) is 16.6. The second kappa shape index (κ2) is 5.61. The molecule has 1 N–H and O–H groups in total. The number of non-ortho nitro benzene ring substituents is 1. The summed E-state index contributed by atoms with van der Waals surface area (Å²) in [5, 5.41) is 15.8. The molecule has 0 saturated heterocycles. The predicted molar refractivity (Wildman–Crippen MR) is 84.6 cm³/mol. The Bertz CT molecular complexity index is 991. The number of aromatic nitrogens is 1. The van der Waals surface area contributed by atoms with Crippen LogP contribution in [0.4, 0.5) is 10.8 Å². The summed E-state index contributed by atoms with van der Waals surface area (Å²) in [6, 6.07) is 5.58. The molecule has 0 aliphatic carbocycles. The highest BCUT2D eigenvalue weighted by molar-refractivity contribution is 7.14. The number of nitro benzene ring substituents is 1. The predicted octanol–water partition coefficient (Wildman–Crippen LogP) is 2.78. The van der Waals surface area contributed by atoms with Crippen LogP contribution in [0.25, 0.3) is 22.2 Å². The number of fused-ring (bicyclic) bond motifs is 1. The molecule has 0 bridgehead atoms. The SMILES string of the molecule is CC(=O)Nc1nc(-c2cc3ccc([N+](=O)[O-])cc3oc2=O)cs1. The number of anilines is 1. The van der Waals surface area contributed by atoms with E-state index in [0.717, 1.165) is 0 Å². The lowest BCUT2D eigenvalue weighted by atomic mass is 10.1. The zero-order valence-corrected chi connectivity index (χ0v) is 12.5. The van der Waals surface area contributed by atoms with E-state index in [0.29, 0.717) is 16.2 Å². The number of carbonyl (C=O) groups is 1. The van der Waals surface area contributed by atoms with Gasteiger partial charge in [0.05, 0.1) is 22.2 Å². The van der Waals surface area contributed by atoms with Crippen LogP contribution in [0, 0.1) is 10.1 Å². The van der Waals surface area contributed by atoms with Crippen LogP contribution in [0.3, 0.4) is 0 Å². The van der Waals surface area contributed by atoms with Gasteiger partial charge in [0, 0.05) is 23.8 Å². The van der Waals surface area contributed by atoms with Crippen LogP contribution in [-0.4, -0.2) is 15.8 Å². The second-order valence-electron chi connectivity index (χ2n) is 4.65. The summed E-state index contributed by atoms with van der Waals surface area (Å²) in [7, 11) is 0. The fraction of sp³-hybridized carbons (Fsp3) is 0.0714. The number of hydrogen-bond donors (Lipinski definition) is 1. The van der Waals surface area contributed by atoms with Gasteiger partial charge in [-0.2, -0.15) is 0 Å². The largest absolute Gasteiger partial charge is 0.422 e. The van der Waals surface area contributed by atoms with Gasteiger partial charge in [0.2, 0.25) is 5.91 Å². The molecule has 0 aliphatic heterocycles. The fourth-order valence-corrected chi connectivity index (χ4v) is 2.75. The van der Waals surface area contributed by atoms with E-state index in [9.17, 15) is 19.7 Å². The summed E-state index contributed by atoms with van der Waals surface area (Å²) in [6.07, 6.45) is 0. The number of benzene rings is 1. The lowest BCUT2D eigenvalue weighted by molar-refractivity contribution is -0.384. The number of thiazole rings is 1. The van der Waals surface area contributed by atoms with E-state index in [2.05, 4.69) is 10.3 Å². The van der Waals surface area contributed by atoms with Crippen LogP contribution in [0.15, 0.2) is 38.9 Å². The molecular weight excluding hydrogens is 322 g/mol. The molecule has 3 aromatic rings. The average molecular weight is 331 g/mol. The molecule has 0 aliphatic rings. The van der Waals surface area contributed by atoms with Gasteiger partial charge in [0.25, 0.3) is 5.69 Å². The lowest BCUT2D eigenvalue weighted by Gasteiger charge is -2.00. The highest BCUT2D eigenvalue weighted by atomic mass is 32.1. The summed E-state index contributed by atoms with van der Waals surface area (Å²) >= 11 is 1.18. The molecule has 116 valence electrons. The van der Waals surface area contributed by atoms with E-state index < -0.39 is 10.5 Å². The maximum atomic E-state index is 12.1. The minimum absolute atomic E-state index is 0.130. The average Bonchev–Trinajstić information content (AvgIpc) is 2.93. The maximum Gasteiger partial charge on any atom is 0.345 e. The van der Waals surface area contributed by atoms with Crippen LogP contribution < -0.4 is 10.9 Å². The van der Waals surface area contributed by atoms with Gasteiger partial charge in [-0.15, -0.1) is 11.3 Å². The van der Waals surface area contributed by atoms with E-state index in [1.54, 1.807) is 11.4 Å². The molecular formula is C14H9N3O5S. The van der Waals surface area contributed by atoms with Crippen molar-refractivity contribution in [1.82, 2.24) is 4.98 Å². The van der Waals surface area contributed by atoms with Crippen molar-refractivity contribution in [3.8, 4) is 11.3 Å². The Balaban J connectivity index is 2.08. The summed E-state index contributed by atoms with van der Waals surface area (Å²) in [5.74, 6) is -0.260. The Labute approximate surface area is 132 Å². The smallest absolute Gasteiger partial charge is 0.345 e. The minimum Gasteiger partial charge on any atom is -0.422 e. The summed E-state index contributed by atoms with van der Waals surface area (Å²) < 4.78 is 5.15. The molecule has 8 nitrogen and oxygen atoms in total. The molecule has 23 heavy (non-hydrogen) atoms. The Hall–Kier alpha value is -3.07. The third-order valence-corrected chi connectivity index (χ3v) is 3.75. The highest BCUT2D eigenvalue weighted by Crippen LogP contribution is 2.26. The first-order valence-electron chi connectivity index (χ1n) is 6.40. The first-order chi connectivity index (χ1) is 10.9. The Morgan fingerprint density at radius 1 is 1.39 bits per heavy atom. The molecule has 0 unspecified atom stereocenters. The first-order valence-corrected chi connectivity index (χ1v) is 7.28. The summed E-state index contributed by atoms with van der Waals surface area (Å²) in [4.78, 5) is 37.4. The van der Waals surface area contributed by atoms with Crippen LogP contribution in [0.1, 0.15) is 6.92 Å². The normalized spacial score (nSPS) is 10.7. The minimum atomic E-state index is -0.655. The van der Waals surface area contributed by atoms with Gasteiger partial charge < -0.3 is 9.73 Å². The van der Waals surface area contributed by atoms with E-state index in [1.165, 1.54) is 36.5 Å². The fourth-order valence-electron chi connectivity index (χ4n) is 2.00. The van der Waals surface area contributed by atoms with Crippen LogP contribution >= 0.6 is 11.3 Å². The number of rotatable bonds is 3. The van der Waals surface area contributed by atoms with E-state index in [4.69, 9.17) is 4.42 Å². The van der Waals surface area contributed by atoms with Crippen LogP contribution in [-0.2, 0) is 4.79 Å². The molecule has 9 heteroatoms. The van der Waals surface area contributed by atoms with Crippen LogP contribution in [0.5, 0.6) is 0 Å². The molecule has 1 amide bonds. The number of nitrogens with one attached hydrogen (secondary N) is 1. The van der Waals surface area contributed by atoms with Gasteiger partial charge in [-0.05, 0) is 12.1 Å². The van der Waals surface area contributed by atoms with Crippen molar-refractivity contribution in [2.75, 3.05) is 5.32 Å². The van der Waals surface area contributed by atoms with Gasteiger partial charge in [0.15, 0.2) is 5.13 Å². The number of amides is 1. The number of carbonyl (C=O) groups excluding carboxylic acids is 1. The second-order valence-corrected chi connectivity index (χ2v) is 5.50. The van der Waals surface area contributed by atoms with Gasteiger partial charge in [-0.25, -0.2) is 9.78 Å². The molecule has 2 aromatic heterocycles. The quantitative estimate of drug-likeness (QED) is 0.448. The Morgan fingerprint density at radius 2 is 2.17 bits per heavy atom. The van der Waals surface area contributed by atoms with Crippen molar-refractivity contribution in [3.05, 3.63) is 50.2 Å². The molecule has 0 saturated carbocycles. The maximum absolute atomic E-state index is 12.1. The molecule has 0 radical (unpaired) electrons. The lowest BCUT2D eigenvalue weighted by Crippen LogP contribution is -2.06. The molecule has 0 atom stereocenters. The van der Waals surface area contributed by atoms with E-state index in [-0.39, 0.29) is 22.7 Å². The summed E-state index contributed by atoms with van der Waals surface area (Å²) in [6.45, 7) is 1.36. The van der Waals surface area contributed by atoms with E-state index in [1.807, 2.05) is 0 Å². The van der Waals surface area contributed by atoms with Crippen molar-refractivity contribution in [1.29, 1.82) is 0 Å². The molecule has 0 spiro atoms. The van der Waals surface area contributed by atoms with Crippen molar-refractivity contribution >= 4 is 39.0 Å². The van der Waals surface area contributed by atoms with Crippen molar-refractivity contribution < 1.29 is 14.1 Å². The van der Waals surface area contributed by atoms with Gasteiger partial charge in [0.1, 0.15) is 5.58 Å². The van der Waals surface area contributed by atoms with Crippen molar-refractivity contribution in [2.45, 2.75) is 6.92 Å². The molecule has 0 fully saturated rings. The first kappa shape index (κ1) is 14.9. The Kier molecular flexibility index (Phi) is 3.62. The van der Waals surface area contributed by atoms with Crippen molar-refractivity contribution in [2.24, 2.45) is 0 Å². The van der Waals surface area contributed by atoms with Gasteiger partial charge >= 0.3 is 5.63 Å². The van der Waals surface area contributed by atoms with Gasteiger partial charge in [-0.1, -0.05) is 0 Å². The monoisotopic (exact) mass is 331 g/mol. The van der Waals surface area contributed by atoms with Gasteiger partial charge in [-0.3, -0.25) is 14.9 Å². The highest BCUT2D eigenvalue weighted by Gasteiger charge is 2.14. The Morgan fingerprint density at radius 3 is 2.87 bits per heavy atom. The third kappa shape index (κ3) is 2.94. The molecule has 1 aromatic carbocycles. The summed E-state index contributed by atoms with van der Waals surface area (Å²) in [5.41, 5.74) is -0.0927.